The van der Waals surface area contributed by atoms with Gasteiger partial charge in [0.15, 0.2) is 0 Å². The standard InChI is InChI=1S/C16H20N2S/c1-12-6-5-7-14(10-12)11-19-16(13(2)17)15-8-3-4-9-18-15/h3-10,13,16H,11,17H2,1-2H3. The molecular weight excluding hydrogens is 252 g/mol. The molecule has 2 aromatic rings. The quantitative estimate of drug-likeness (QED) is 0.901. The average molecular weight is 272 g/mol. The molecule has 2 nitrogen and oxygen atoms in total. The Labute approximate surface area is 119 Å². The zero-order valence-electron chi connectivity index (χ0n) is 11.4. The van der Waals surface area contributed by atoms with Crippen LogP contribution in [-0.4, -0.2) is 11.0 Å². The van der Waals surface area contributed by atoms with E-state index in [0.717, 1.165) is 11.4 Å². The van der Waals surface area contributed by atoms with Gasteiger partial charge in [0, 0.05) is 18.0 Å². The molecule has 3 heteroatoms. The summed E-state index contributed by atoms with van der Waals surface area (Å²) in [6.07, 6.45) is 1.83. The molecule has 0 aliphatic rings. The van der Waals surface area contributed by atoms with Crippen LogP contribution in [0.25, 0.3) is 0 Å². The van der Waals surface area contributed by atoms with E-state index in [4.69, 9.17) is 5.73 Å². The van der Waals surface area contributed by atoms with Crippen molar-refractivity contribution >= 4 is 11.8 Å². The zero-order chi connectivity index (χ0) is 13.7. The van der Waals surface area contributed by atoms with Gasteiger partial charge in [-0.3, -0.25) is 4.98 Å². The van der Waals surface area contributed by atoms with Crippen molar-refractivity contribution in [1.29, 1.82) is 0 Å². The first-order chi connectivity index (χ1) is 9.16. The molecule has 0 fully saturated rings. The average Bonchev–Trinajstić information content (AvgIpc) is 2.40. The lowest BCUT2D eigenvalue weighted by molar-refractivity contribution is 0.705. The summed E-state index contributed by atoms with van der Waals surface area (Å²) in [6.45, 7) is 4.17. The third-order valence-electron chi connectivity index (χ3n) is 2.97. The molecule has 2 unspecified atom stereocenters. The van der Waals surface area contributed by atoms with Gasteiger partial charge >= 0.3 is 0 Å². The number of hydrogen-bond donors (Lipinski definition) is 1. The second-order valence-electron chi connectivity index (χ2n) is 4.83. The van der Waals surface area contributed by atoms with Gasteiger partial charge in [-0.2, -0.15) is 0 Å². The smallest absolute Gasteiger partial charge is 0.0621 e. The summed E-state index contributed by atoms with van der Waals surface area (Å²) in [4.78, 5) is 4.43. The van der Waals surface area contributed by atoms with Crippen LogP contribution >= 0.6 is 11.8 Å². The first-order valence-electron chi connectivity index (χ1n) is 6.50. The monoisotopic (exact) mass is 272 g/mol. The molecule has 0 saturated carbocycles. The summed E-state index contributed by atoms with van der Waals surface area (Å²) in [5, 5.41) is 0.238. The minimum Gasteiger partial charge on any atom is -0.327 e. The van der Waals surface area contributed by atoms with Crippen molar-refractivity contribution in [3.63, 3.8) is 0 Å². The first-order valence-corrected chi connectivity index (χ1v) is 7.55. The van der Waals surface area contributed by atoms with Crippen LogP contribution in [0.2, 0.25) is 0 Å². The molecule has 1 aromatic heterocycles. The van der Waals surface area contributed by atoms with Gasteiger partial charge in [0.1, 0.15) is 0 Å². The summed E-state index contributed by atoms with van der Waals surface area (Å²) >= 11 is 1.86. The topological polar surface area (TPSA) is 38.9 Å². The molecule has 0 bridgehead atoms. The molecule has 0 amide bonds. The number of benzene rings is 1. The van der Waals surface area contributed by atoms with Crippen LogP contribution in [0, 0.1) is 6.92 Å². The Morgan fingerprint density at radius 1 is 1.21 bits per heavy atom. The van der Waals surface area contributed by atoms with Crippen LogP contribution in [-0.2, 0) is 5.75 Å². The lowest BCUT2D eigenvalue weighted by Crippen LogP contribution is -2.23. The van der Waals surface area contributed by atoms with Gasteiger partial charge in [0.25, 0.3) is 0 Å². The second-order valence-corrected chi connectivity index (χ2v) is 5.96. The molecular formula is C16H20N2S. The number of pyridine rings is 1. The van der Waals surface area contributed by atoms with Crippen molar-refractivity contribution in [1.82, 2.24) is 4.98 Å². The fraction of sp³-hybridized carbons (Fsp3) is 0.312. The van der Waals surface area contributed by atoms with Crippen molar-refractivity contribution in [2.75, 3.05) is 0 Å². The van der Waals surface area contributed by atoms with E-state index in [1.54, 1.807) is 0 Å². The maximum Gasteiger partial charge on any atom is 0.0621 e. The van der Waals surface area contributed by atoms with E-state index in [2.05, 4.69) is 42.2 Å². The number of nitrogens with zero attached hydrogens (tertiary/aromatic N) is 1. The lowest BCUT2D eigenvalue weighted by Gasteiger charge is -2.19. The summed E-state index contributed by atoms with van der Waals surface area (Å²) < 4.78 is 0. The molecule has 19 heavy (non-hydrogen) atoms. The maximum atomic E-state index is 6.10. The van der Waals surface area contributed by atoms with E-state index in [0.29, 0.717) is 0 Å². The van der Waals surface area contributed by atoms with E-state index >= 15 is 0 Å². The third-order valence-corrected chi connectivity index (χ3v) is 4.50. The van der Waals surface area contributed by atoms with Crippen molar-refractivity contribution in [2.45, 2.75) is 30.9 Å². The lowest BCUT2D eigenvalue weighted by atomic mass is 10.1. The zero-order valence-corrected chi connectivity index (χ0v) is 12.2. The van der Waals surface area contributed by atoms with Gasteiger partial charge in [0.05, 0.1) is 10.9 Å². The molecule has 0 aliphatic heterocycles. The Bertz CT molecular complexity index is 511. The van der Waals surface area contributed by atoms with E-state index in [1.807, 2.05) is 37.0 Å². The number of nitrogens with two attached hydrogens (primary N) is 1. The maximum absolute atomic E-state index is 6.10. The molecule has 2 atom stereocenters. The van der Waals surface area contributed by atoms with Crippen LogP contribution < -0.4 is 5.73 Å². The van der Waals surface area contributed by atoms with Gasteiger partial charge in [-0.05, 0) is 31.5 Å². The Kier molecular flexibility index (Phi) is 5.00. The van der Waals surface area contributed by atoms with Crippen LogP contribution in [0.15, 0.2) is 48.7 Å². The minimum absolute atomic E-state index is 0.0877. The molecule has 1 heterocycles. The SMILES string of the molecule is Cc1cccc(CSC(c2ccccn2)C(C)N)c1. The van der Waals surface area contributed by atoms with Gasteiger partial charge in [0.2, 0.25) is 0 Å². The van der Waals surface area contributed by atoms with Gasteiger partial charge < -0.3 is 5.73 Å². The number of hydrogen-bond acceptors (Lipinski definition) is 3. The molecule has 0 radical (unpaired) electrons. The number of thioether (sulfide) groups is 1. The number of rotatable bonds is 5. The van der Waals surface area contributed by atoms with Gasteiger partial charge in [-0.25, -0.2) is 0 Å². The van der Waals surface area contributed by atoms with Crippen LogP contribution in [0.4, 0.5) is 0 Å². The van der Waals surface area contributed by atoms with Crippen molar-refractivity contribution in [2.24, 2.45) is 5.73 Å². The van der Waals surface area contributed by atoms with E-state index in [9.17, 15) is 0 Å². The summed E-state index contributed by atoms with van der Waals surface area (Å²) in [5.74, 6) is 0.963. The van der Waals surface area contributed by atoms with Crippen molar-refractivity contribution < 1.29 is 0 Å². The van der Waals surface area contributed by atoms with E-state index in [-0.39, 0.29) is 11.3 Å². The van der Waals surface area contributed by atoms with Crippen LogP contribution in [0.3, 0.4) is 0 Å². The molecule has 0 saturated heterocycles. The molecule has 2 N–H and O–H groups in total. The predicted octanol–water partition coefficient (Wildman–Crippen LogP) is 3.71. The van der Waals surface area contributed by atoms with Crippen molar-refractivity contribution in [3.05, 3.63) is 65.5 Å². The predicted molar refractivity (Wildman–Crippen MR) is 83.1 cm³/mol. The van der Waals surface area contributed by atoms with E-state index < -0.39 is 0 Å². The summed E-state index contributed by atoms with van der Waals surface area (Å²) in [6, 6.07) is 14.7. The second kappa shape index (κ2) is 6.73. The summed E-state index contributed by atoms with van der Waals surface area (Å²) in [7, 11) is 0. The largest absolute Gasteiger partial charge is 0.327 e. The molecule has 0 spiro atoms. The number of aryl methyl sites for hydroxylation is 1. The van der Waals surface area contributed by atoms with Crippen LogP contribution in [0.1, 0.15) is 29.0 Å². The summed E-state index contributed by atoms with van der Waals surface area (Å²) in [5.41, 5.74) is 9.81. The fourth-order valence-electron chi connectivity index (χ4n) is 2.04. The third kappa shape index (κ3) is 4.08. The number of aromatic nitrogens is 1. The Morgan fingerprint density at radius 3 is 2.68 bits per heavy atom. The molecule has 0 aliphatic carbocycles. The van der Waals surface area contributed by atoms with E-state index in [1.165, 1.54) is 11.1 Å². The Hall–Kier alpha value is -1.32. The van der Waals surface area contributed by atoms with Gasteiger partial charge in [-0.15, -0.1) is 11.8 Å². The highest BCUT2D eigenvalue weighted by molar-refractivity contribution is 7.98. The Morgan fingerprint density at radius 2 is 2.05 bits per heavy atom. The normalized spacial score (nSPS) is 14.1. The first kappa shape index (κ1) is 14.1. The molecule has 2 rings (SSSR count). The molecule has 1 aromatic carbocycles. The minimum atomic E-state index is 0.0877. The highest BCUT2D eigenvalue weighted by atomic mass is 32.2. The Balaban J connectivity index is 2.06. The fourth-order valence-corrected chi connectivity index (χ4v) is 3.20. The highest BCUT2D eigenvalue weighted by Gasteiger charge is 2.17. The van der Waals surface area contributed by atoms with Crippen LogP contribution in [0.5, 0.6) is 0 Å². The molecule has 100 valence electrons. The van der Waals surface area contributed by atoms with Gasteiger partial charge in [-0.1, -0.05) is 35.9 Å². The highest BCUT2D eigenvalue weighted by Crippen LogP contribution is 2.32. The van der Waals surface area contributed by atoms with Crippen molar-refractivity contribution in [3.8, 4) is 0 Å².